The van der Waals surface area contributed by atoms with Crippen molar-refractivity contribution in [1.29, 1.82) is 0 Å². The number of nitrogens with zero attached hydrogens (tertiary/aromatic N) is 2. The number of benzene rings is 1. The molecule has 5 rings (SSSR count). The standard InChI is InChI=1S/C23H32N4O3S2/c28-22(24-12-17-9-10-27(13-17)19-3-1-2-4-19)11-16-5-7-18(8-6-16)25-23-26-20-14-32(29,30)15-21(20)31-23/h5-8,17,19-21H,1-4,9-15H2,(H,24,28)(H,25,26)/t17-,20-,21+/m1/s1. The molecule has 0 spiro atoms. The van der Waals surface area contributed by atoms with Gasteiger partial charge in [0.2, 0.25) is 5.91 Å². The van der Waals surface area contributed by atoms with Crippen LogP contribution < -0.4 is 10.6 Å². The van der Waals surface area contributed by atoms with Crippen molar-refractivity contribution in [2.45, 2.75) is 55.9 Å². The number of hydrogen-bond donors (Lipinski definition) is 2. The topological polar surface area (TPSA) is 90.9 Å². The van der Waals surface area contributed by atoms with Crippen LogP contribution in [0.3, 0.4) is 0 Å². The smallest absolute Gasteiger partial charge is 0.224 e. The third-order valence-corrected chi connectivity index (χ3v) is 10.3. The van der Waals surface area contributed by atoms with Crippen LogP contribution in [-0.4, -0.2) is 72.9 Å². The number of rotatable bonds is 6. The Balaban J connectivity index is 1.05. The zero-order valence-corrected chi connectivity index (χ0v) is 20.0. The molecule has 3 fully saturated rings. The highest BCUT2D eigenvalue weighted by Crippen LogP contribution is 2.34. The summed E-state index contributed by atoms with van der Waals surface area (Å²) in [5.41, 5.74) is 1.89. The van der Waals surface area contributed by atoms with Gasteiger partial charge < -0.3 is 15.5 Å². The van der Waals surface area contributed by atoms with Gasteiger partial charge >= 0.3 is 0 Å². The van der Waals surface area contributed by atoms with Gasteiger partial charge in [-0.15, -0.1) is 0 Å². The average molecular weight is 477 g/mol. The largest absolute Gasteiger partial charge is 0.355 e. The molecule has 0 bridgehead atoms. The molecule has 0 unspecified atom stereocenters. The van der Waals surface area contributed by atoms with Gasteiger partial charge in [0.15, 0.2) is 15.0 Å². The number of aliphatic imine (C=N–C) groups is 1. The number of carbonyl (C=O) groups is 1. The predicted octanol–water partition coefficient (Wildman–Crippen LogP) is 2.29. The molecule has 4 aliphatic rings. The summed E-state index contributed by atoms with van der Waals surface area (Å²) in [4.78, 5) is 19.6. The van der Waals surface area contributed by atoms with E-state index in [4.69, 9.17) is 0 Å². The number of fused-ring (bicyclic) bond motifs is 1. The molecule has 2 saturated heterocycles. The van der Waals surface area contributed by atoms with Crippen LogP contribution >= 0.6 is 11.8 Å². The molecule has 1 aromatic carbocycles. The van der Waals surface area contributed by atoms with Gasteiger partial charge in [-0.2, -0.15) is 0 Å². The number of likely N-dealkylation sites (tertiary alicyclic amines) is 1. The molecule has 9 heteroatoms. The zero-order valence-electron chi connectivity index (χ0n) is 18.3. The average Bonchev–Trinajstić information content (AvgIpc) is 3.51. The molecular weight excluding hydrogens is 444 g/mol. The Morgan fingerprint density at radius 1 is 1.12 bits per heavy atom. The van der Waals surface area contributed by atoms with Gasteiger partial charge in [-0.1, -0.05) is 36.7 Å². The van der Waals surface area contributed by atoms with Crippen LogP contribution in [-0.2, 0) is 21.1 Å². The lowest BCUT2D eigenvalue weighted by Crippen LogP contribution is -2.34. The highest BCUT2D eigenvalue weighted by atomic mass is 32.2. The van der Waals surface area contributed by atoms with Crippen molar-refractivity contribution in [3.63, 3.8) is 0 Å². The summed E-state index contributed by atoms with van der Waals surface area (Å²) in [7, 11) is -2.93. The lowest BCUT2D eigenvalue weighted by atomic mass is 10.1. The third-order valence-electron chi connectivity index (χ3n) is 7.13. The number of carbonyl (C=O) groups excluding carboxylic acids is 1. The fourth-order valence-corrected chi connectivity index (χ4v) is 9.06. The molecular formula is C23H32N4O3S2. The van der Waals surface area contributed by atoms with E-state index in [9.17, 15) is 13.2 Å². The van der Waals surface area contributed by atoms with E-state index in [1.807, 2.05) is 24.3 Å². The summed E-state index contributed by atoms with van der Waals surface area (Å²) in [5.74, 6) is 1.02. The van der Waals surface area contributed by atoms with Gasteiger partial charge in [0, 0.05) is 30.1 Å². The van der Waals surface area contributed by atoms with Crippen LogP contribution in [0.1, 0.15) is 37.7 Å². The van der Waals surface area contributed by atoms with Crippen LogP contribution in [0.2, 0.25) is 0 Å². The maximum Gasteiger partial charge on any atom is 0.224 e. The van der Waals surface area contributed by atoms with E-state index in [0.29, 0.717) is 12.3 Å². The van der Waals surface area contributed by atoms with Crippen molar-refractivity contribution in [1.82, 2.24) is 10.2 Å². The number of hydrogen-bond acceptors (Lipinski definition) is 7. The Bertz CT molecular complexity index is 973. The molecule has 1 saturated carbocycles. The van der Waals surface area contributed by atoms with Crippen molar-refractivity contribution in [2.75, 3.05) is 36.5 Å². The first-order valence-corrected chi connectivity index (χ1v) is 14.5. The Labute approximate surface area is 194 Å². The SMILES string of the molecule is O=C(Cc1ccc(NC2=N[C@@H]3CS(=O)(=O)C[C@@H]3S2)cc1)NC[C@H]1CCN(C2CCCC2)C1. The maximum absolute atomic E-state index is 12.4. The van der Waals surface area contributed by atoms with Gasteiger partial charge in [-0.25, -0.2) is 8.42 Å². The molecule has 1 amide bonds. The molecule has 1 aromatic rings. The minimum atomic E-state index is -2.93. The molecule has 3 heterocycles. The highest BCUT2D eigenvalue weighted by Gasteiger charge is 2.42. The lowest BCUT2D eigenvalue weighted by Gasteiger charge is -2.23. The van der Waals surface area contributed by atoms with Gasteiger partial charge in [-0.05, 0) is 49.4 Å². The van der Waals surface area contributed by atoms with Crippen LogP contribution in [0.15, 0.2) is 29.3 Å². The highest BCUT2D eigenvalue weighted by molar-refractivity contribution is 8.15. The van der Waals surface area contributed by atoms with E-state index in [0.717, 1.165) is 35.5 Å². The zero-order chi connectivity index (χ0) is 22.1. The van der Waals surface area contributed by atoms with E-state index in [1.165, 1.54) is 50.4 Å². The molecule has 1 aliphatic carbocycles. The van der Waals surface area contributed by atoms with Gasteiger partial charge in [0.25, 0.3) is 0 Å². The van der Waals surface area contributed by atoms with Crippen LogP contribution in [0.25, 0.3) is 0 Å². The predicted molar refractivity (Wildman–Crippen MR) is 130 cm³/mol. The number of nitrogens with one attached hydrogen (secondary N) is 2. The van der Waals surface area contributed by atoms with Crippen molar-refractivity contribution in [2.24, 2.45) is 10.9 Å². The van der Waals surface area contributed by atoms with E-state index < -0.39 is 9.84 Å². The van der Waals surface area contributed by atoms with Crippen molar-refractivity contribution >= 4 is 38.4 Å². The van der Waals surface area contributed by atoms with Crippen molar-refractivity contribution < 1.29 is 13.2 Å². The van der Waals surface area contributed by atoms with E-state index in [1.54, 1.807) is 0 Å². The summed E-state index contributed by atoms with van der Waals surface area (Å²) in [6, 6.07) is 8.49. The monoisotopic (exact) mass is 476 g/mol. The molecule has 32 heavy (non-hydrogen) atoms. The third kappa shape index (κ3) is 5.31. The second-order valence-corrected chi connectivity index (χ2v) is 13.0. The number of thioether (sulfide) groups is 1. The fraction of sp³-hybridized carbons (Fsp3) is 0.652. The summed E-state index contributed by atoms with van der Waals surface area (Å²) in [6.07, 6.45) is 7.01. The van der Waals surface area contributed by atoms with E-state index >= 15 is 0 Å². The first-order chi connectivity index (χ1) is 15.4. The van der Waals surface area contributed by atoms with Crippen LogP contribution in [0.5, 0.6) is 0 Å². The number of anilines is 1. The van der Waals surface area contributed by atoms with Crippen LogP contribution in [0, 0.1) is 5.92 Å². The first kappa shape index (κ1) is 22.2. The minimum absolute atomic E-state index is 0.0376. The second-order valence-electron chi connectivity index (χ2n) is 9.63. The van der Waals surface area contributed by atoms with Gasteiger partial charge in [-0.3, -0.25) is 9.79 Å². The number of amides is 1. The molecule has 3 atom stereocenters. The molecule has 174 valence electrons. The van der Waals surface area contributed by atoms with E-state index in [2.05, 4.69) is 20.5 Å². The van der Waals surface area contributed by atoms with Gasteiger partial charge in [0.1, 0.15) is 0 Å². The molecule has 0 aromatic heterocycles. The Kier molecular flexibility index (Phi) is 6.49. The summed E-state index contributed by atoms with van der Waals surface area (Å²) < 4.78 is 23.4. The first-order valence-electron chi connectivity index (χ1n) is 11.8. The van der Waals surface area contributed by atoms with Crippen LogP contribution in [0.4, 0.5) is 5.69 Å². The fourth-order valence-electron chi connectivity index (χ4n) is 5.38. The molecule has 7 nitrogen and oxygen atoms in total. The molecule has 0 radical (unpaired) electrons. The number of sulfone groups is 1. The van der Waals surface area contributed by atoms with E-state index in [-0.39, 0.29) is 28.7 Å². The summed E-state index contributed by atoms with van der Waals surface area (Å²) in [5, 5.41) is 7.23. The molecule has 2 N–H and O–H groups in total. The quantitative estimate of drug-likeness (QED) is 0.655. The Hall–Kier alpha value is -1.58. The maximum atomic E-state index is 12.4. The normalized spacial score (nSPS) is 29.8. The summed E-state index contributed by atoms with van der Waals surface area (Å²) >= 11 is 1.51. The van der Waals surface area contributed by atoms with Crippen molar-refractivity contribution in [3.05, 3.63) is 29.8 Å². The lowest BCUT2D eigenvalue weighted by molar-refractivity contribution is -0.120. The van der Waals surface area contributed by atoms with Gasteiger partial charge in [0.05, 0.1) is 24.0 Å². The summed E-state index contributed by atoms with van der Waals surface area (Å²) in [6.45, 7) is 3.08. The Morgan fingerprint density at radius 2 is 1.91 bits per heavy atom. The van der Waals surface area contributed by atoms with Crippen molar-refractivity contribution in [3.8, 4) is 0 Å². The minimum Gasteiger partial charge on any atom is -0.355 e. The molecule has 3 aliphatic heterocycles. The second kappa shape index (κ2) is 9.35. The number of amidine groups is 1. The Morgan fingerprint density at radius 3 is 2.66 bits per heavy atom.